The van der Waals surface area contributed by atoms with Crippen molar-refractivity contribution >= 4 is 17.9 Å². The summed E-state index contributed by atoms with van der Waals surface area (Å²) in [6, 6.07) is 6.75. The third-order valence-electron chi connectivity index (χ3n) is 4.92. The highest BCUT2D eigenvalue weighted by atomic mass is 16.6. The van der Waals surface area contributed by atoms with Gasteiger partial charge in [-0.15, -0.1) is 0 Å². The quantitative estimate of drug-likeness (QED) is 0.624. The van der Waals surface area contributed by atoms with E-state index in [-0.39, 0.29) is 24.9 Å². The van der Waals surface area contributed by atoms with Crippen LogP contribution < -0.4 is 0 Å². The molecule has 7 nitrogen and oxygen atoms in total. The number of hydrogen-bond donors (Lipinski definition) is 1. The molecule has 1 aromatic rings. The fraction of sp³-hybridized carbons (Fsp3) is 0.476. The van der Waals surface area contributed by atoms with Crippen molar-refractivity contribution in [3.8, 4) is 0 Å². The Morgan fingerprint density at radius 2 is 1.75 bits per heavy atom. The summed E-state index contributed by atoms with van der Waals surface area (Å²) in [4.78, 5) is 40.0. The Bertz CT molecular complexity index is 818. The SMILES string of the molecule is C/C(CN1C(=O)c2ccccc2C1=O)=C1\CCN(C(=O)OC(C)(C)C)CC1O. The molecule has 0 aromatic heterocycles. The molecule has 3 rings (SSSR count). The first-order chi connectivity index (χ1) is 13.1. The number of imide groups is 1. The maximum Gasteiger partial charge on any atom is 0.410 e. The number of carbonyl (C=O) groups excluding carboxylic acids is 3. The van der Waals surface area contributed by atoms with E-state index in [2.05, 4.69) is 0 Å². The van der Waals surface area contributed by atoms with E-state index in [0.29, 0.717) is 24.1 Å². The summed E-state index contributed by atoms with van der Waals surface area (Å²) in [5.41, 5.74) is 1.75. The molecule has 28 heavy (non-hydrogen) atoms. The molecule has 0 spiro atoms. The van der Waals surface area contributed by atoms with E-state index < -0.39 is 17.8 Å². The molecule has 3 amide bonds. The number of piperidine rings is 1. The fourth-order valence-electron chi connectivity index (χ4n) is 3.54. The number of amides is 3. The van der Waals surface area contributed by atoms with Crippen LogP contribution in [0.15, 0.2) is 35.4 Å². The van der Waals surface area contributed by atoms with E-state index in [1.165, 1.54) is 9.80 Å². The fourth-order valence-corrected chi connectivity index (χ4v) is 3.54. The van der Waals surface area contributed by atoms with E-state index in [0.717, 1.165) is 11.1 Å². The average Bonchev–Trinajstić information content (AvgIpc) is 2.85. The van der Waals surface area contributed by atoms with Gasteiger partial charge in [-0.1, -0.05) is 17.7 Å². The molecule has 0 saturated carbocycles. The van der Waals surface area contributed by atoms with Crippen molar-refractivity contribution in [2.24, 2.45) is 0 Å². The molecule has 1 N–H and O–H groups in total. The molecular weight excluding hydrogens is 360 g/mol. The molecule has 1 atom stereocenters. The van der Waals surface area contributed by atoms with E-state index in [4.69, 9.17) is 4.74 Å². The molecule has 0 radical (unpaired) electrons. The molecule has 7 heteroatoms. The van der Waals surface area contributed by atoms with Gasteiger partial charge in [0.1, 0.15) is 5.60 Å². The summed E-state index contributed by atoms with van der Waals surface area (Å²) in [6.45, 7) is 7.87. The van der Waals surface area contributed by atoms with Crippen molar-refractivity contribution in [3.05, 3.63) is 46.5 Å². The number of rotatable bonds is 2. The molecular formula is C21H26N2O5. The number of hydrogen-bond acceptors (Lipinski definition) is 5. The second-order valence-electron chi connectivity index (χ2n) is 8.24. The summed E-state index contributed by atoms with van der Waals surface area (Å²) in [7, 11) is 0. The molecule has 1 saturated heterocycles. The Balaban J connectivity index is 1.69. The van der Waals surface area contributed by atoms with Crippen molar-refractivity contribution in [1.82, 2.24) is 9.80 Å². The third-order valence-corrected chi connectivity index (χ3v) is 4.92. The minimum atomic E-state index is -0.851. The zero-order valence-corrected chi connectivity index (χ0v) is 16.7. The lowest BCUT2D eigenvalue weighted by atomic mass is 9.96. The molecule has 2 heterocycles. The van der Waals surface area contributed by atoms with Gasteiger partial charge >= 0.3 is 6.09 Å². The van der Waals surface area contributed by atoms with Crippen LogP contribution in [-0.2, 0) is 4.74 Å². The van der Waals surface area contributed by atoms with Gasteiger partial charge < -0.3 is 14.7 Å². The monoisotopic (exact) mass is 386 g/mol. The van der Waals surface area contributed by atoms with E-state index >= 15 is 0 Å². The number of fused-ring (bicyclic) bond motifs is 1. The summed E-state index contributed by atoms with van der Waals surface area (Å²) in [6.07, 6.45) is -0.838. The average molecular weight is 386 g/mol. The Kier molecular flexibility index (Phi) is 5.30. The molecule has 2 aliphatic rings. The van der Waals surface area contributed by atoms with Crippen molar-refractivity contribution in [2.75, 3.05) is 19.6 Å². The molecule has 0 bridgehead atoms. The van der Waals surface area contributed by atoms with Crippen LogP contribution in [0.2, 0.25) is 0 Å². The Morgan fingerprint density at radius 3 is 2.25 bits per heavy atom. The predicted octanol–water partition coefficient (Wildman–Crippen LogP) is 2.60. The van der Waals surface area contributed by atoms with Gasteiger partial charge in [0.25, 0.3) is 11.8 Å². The zero-order chi connectivity index (χ0) is 20.6. The normalized spacial score (nSPS) is 21.7. The van der Waals surface area contributed by atoms with Gasteiger partial charge in [-0.3, -0.25) is 14.5 Å². The molecule has 1 aromatic carbocycles. The highest BCUT2D eigenvalue weighted by Crippen LogP contribution is 2.27. The van der Waals surface area contributed by atoms with E-state index in [9.17, 15) is 19.5 Å². The van der Waals surface area contributed by atoms with Crippen LogP contribution in [0.4, 0.5) is 4.79 Å². The number of aliphatic hydroxyl groups is 1. The lowest BCUT2D eigenvalue weighted by molar-refractivity contribution is 0.0123. The number of aliphatic hydroxyl groups excluding tert-OH is 1. The lowest BCUT2D eigenvalue weighted by Gasteiger charge is -2.34. The topological polar surface area (TPSA) is 87.2 Å². The van der Waals surface area contributed by atoms with Gasteiger partial charge in [0.2, 0.25) is 0 Å². The van der Waals surface area contributed by atoms with Gasteiger partial charge in [-0.25, -0.2) is 4.79 Å². The summed E-state index contributed by atoms with van der Waals surface area (Å²) in [5.74, 6) is -0.637. The van der Waals surface area contributed by atoms with Crippen LogP contribution in [-0.4, -0.2) is 64.2 Å². The number of likely N-dealkylation sites (tertiary alicyclic amines) is 1. The molecule has 150 valence electrons. The lowest BCUT2D eigenvalue weighted by Crippen LogP contribution is -2.46. The maximum atomic E-state index is 12.5. The zero-order valence-electron chi connectivity index (χ0n) is 16.7. The Labute approximate surface area is 164 Å². The van der Waals surface area contributed by atoms with Crippen LogP contribution in [0, 0.1) is 0 Å². The predicted molar refractivity (Wildman–Crippen MR) is 103 cm³/mol. The summed E-state index contributed by atoms with van der Waals surface area (Å²) < 4.78 is 5.36. The van der Waals surface area contributed by atoms with Gasteiger partial charge in [-0.2, -0.15) is 0 Å². The van der Waals surface area contributed by atoms with Crippen molar-refractivity contribution in [2.45, 2.75) is 45.8 Å². The van der Waals surface area contributed by atoms with E-state index in [1.807, 2.05) is 6.92 Å². The standard InChI is InChI=1S/C21H26N2O5/c1-13(11-23-18(25)15-7-5-6-8-16(15)19(23)26)14-9-10-22(12-17(14)24)20(27)28-21(2,3)4/h5-8,17,24H,9-12H2,1-4H3/b14-13-. The number of carbonyl (C=O) groups is 3. The number of β-amino-alcohol motifs (C(OH)–C–C–N with tert-alkyl or cyclic N) is 1. The van der Waals surface area contributed by atoms with Crippen LogP contribution in [0.5, 0.6) is 0 Å². The maximum absolute atomic E-state index is 12.5. The number of ether oxygens (including phenoxy) is 1. The summed E-state index contributed by atoms with van der Waals surface area (Å²) in [5, 5.41) is 10.5. The first-order valence-electron chi connectivity index (χ1n) is 9.38. The first-order valence-corrected chi connectivity index (χ1v) is 9.38. The molecule has 1 fully saturated rings. The van der Waals surface area contributed by atoms with Gasteiger partial charge in [0.05, 0.1) is 30.3 Å². The Hall–Kier alpha value is -2.67. The van der Waals surface area contributed by atoms with Crippen LogP contribution in [0.25, 0.3) is 0 Å². The molecule has 0 aliphatic carbocycles. The number of nitrogens with zero attached hydrogens (tertiary/aromatic N) is 2. The van der Waals surface area contributed by atoms with Crippen LogP contribution in [0.1, 0.15) is 54.8 Å². The van der Waals surface area contributed by atoms with Crippen molar-refractivity contribution in [3.63, 3.8) is 0 Å². The summed E-state index contributed by atoms with van der Waals surface area (Å²) >= 11 is 0. The van der Waals surface area contributed by atoms with Crippen LogP contribution in [0.3, 0.4) is 0 Å². The smallest absolute Gasteiger partial charge is 0.410 e. The molecule has 2 aliphatic heterocycles. The second-order valence-corrected chi connectivity index (χ2v) is 8.24. The third kappa shape index (κ3) is 3.94. The highest BCUT2D eigenvalue weighted by Gasteiger charge is 2.36. The van der Waals surface area contributed by atoms with Crippen LogP contribution >= 0.6 is 0 Å². The van der Waals surface area contributed by atoms with Crippen molar-refractivity contribution < 1.29 is 24.2 Å². The first kappa shape index (κ1) is 20.1. The van der Waals surface area contributed by atoms with Gasteiger partial charge in [-0.05, 0) is 51.8 Å². The minimum Gasteiger partial charge on any atom is -0.444 e. The van der Waals surface area contributed by atoms with E-state index in [1.54, 1.807) is 45.0 Å². The van der Waals surface area contributed by atoms with Gasteiger partial charge in [0.15, 0.2) is 0 Å². The minimum absolute atomic E-state index is 0.129. The molecule has 1 unspecified atom stereocenters. The Morgan fingerprint density at radius 1 is 1.18 bits per heavy atom. The second kappa shape index (κ2) is 7.39. The largest absolute Gasteiger partial charge is 0.444 e. The highest BCUT2D eigenvalue weighted by molar-refractivity contribution is 6.21. The van der Waals surface area contributed by atoms with Gasteiger partial charge in [0, 0.05) is 6.54 Å². The number of benzene rings is 1. The van der Waals surface area contributed by atoms with Crippen molar-refractivity contribution in [1.29, 1.82) is 0 Å².